The number of aryl methyl sites for hydroxylation is 1. The molecule has 20 heavy (non-hydrogen) atoms. The third-order valence-corrected chi connectivity index (χ3v) is 8.66. The fourth-order valence-electron chi connectivity index (χ4n) is 3.02. The molecular weight excluding hydrogens is 360 g/mol. The lowest BCUT2D eigenvalue weighted by molar-refractivity contribution is 0.251. The van der Waals surface area contributed by atoms with Gasteiger partial charge in [-0.25, -0.2) is 8.42 Å². The van der Waals surface area contributed by atoms with Gasteiger partial charge in [0.15, 0.2) is 0 Å². The van der Waals surface area contributed by atoms with Crippen LogP contribution in [0.3, 0.4) is 0 Å². The highest BCUT2D eigenvalue weighted by atomic mass is 79.9. The number of rotatable bonds is 3. The largest absolute Gasteiger partial charge is 0.299 e. The van der Waals surface area contributed by atoms with Crippen LogP contribution in [-0.4, -0.2) is 49.8 Å². The summed E-state index contributed by atoms with van der Waals surface area (Å²) in [5.74, 6) is 0. The summed E-state index contributed by atoms with van der Waals surface area (Å²) in [6, 6.07) is 2.18. The van der Waals surface area contributed by atoms with E-state index in [9.17, 15) is 8.42 Å². The van der Waals surface area contributed by atoms with Crippen molar-refractivity contribution in [2.45, 2.75) is 36.4 Å². The highest BCUT2D eigenvalue weighted by Gasteiger charge is 2.36. The van der Waals surface area contributed by atoms with Gasteiger partial charge in [0.2, 0.25) is 0 Å². The molecule has 0 aliphatic carbocycles. The molecule has 1 unspecified atom stereocenters. The Morgan fingerprint density at radius 1 is 1.30 bits per heavy atom. The standard InChI is InChI=1S/C13H19BrN2O2S2/c1-10-8-12(19-13(10)14)20(17,18)16-7-4-11(9-16)15-5-2-3-6-15/h8,11H,2-7,9H2,1H3. The van der Waals surface area contributed by atoms with Gasteiger partial charge in [0.25, 0.3) is 10.0 Å². The van der Waals surface area contributed by atoms with Crippen molar-refractivity contribution in [2.24, 2.45) is 0 Å². The number of nitrogens with zero attached hydrogens (tertiary/aromatic N) is 2. The summed E-state index contributed by atoms with van der Waals surface area (Å²) in [7, 11) is -3.31. The first-order valence-electron chi connectivity index (χ1n) is 6.98. The Morgan fingerprint density at radius 2 is 2.00 bits per heavy atom. The molecule has 0 radical (unpaired) electrons. The smallest absolute Gasteiger partial charge is 0.252 e. The molecule has 7 heteroatoms. The molecule has 0 N–H and O–H groups in total. The van der Waals surface area contributed by atoms with Crippen LogP contribution in [0.2, 0.25) is 0 Å². The zero-order chi connectivity index (χ0) is 14.3. The second kappa shape index (κ2) is 5.68. The van der Waals surface area contributed by atoms with Gasteiger partial charge in [-0.05, 0) is 66.8 Å². The van der Waals surface area contributed by atoms with E-state index in [1.165, 1.54) is 24.2 Å². The van der Waals surface area contributed by atoms with Crippen molar-refractivity contribution >= 4 is 37.3 Å². The maximum Gasteiger partial charge on any atom is 0.252 e. The SMILES string of the molecule is Cc1cc(S(=O)(=O)N2CCC(N3CCCC3)C2)sc1Br. The number of hydrogen-bond donors (Lipinski definition) is 0. The van der Waals surface area contributed by atoms with Crippen LogP contribution in [0.15, 0.2) is 14.1 Å². The van der Waals surface area contributed by atoms with Crippen LogP contribution in [0.4, 0.5) is 0 Å². The maximum atomic E-state index is 12.7. The first kappa shape index (κ1) is 15.0. The molecule has 4 nitrogen and oxygen atoms in total. The molecule has 2 saturated heterocycles. The van der Waals surface area contributed by atoms with Crippen LogP contribution in [0.5, 0.6) is 0 Å². The average Bonchev–Trinajstić information content (AvgIpc) is 3.10. The summed E-state index contributed by atoms with van der Waals surface area (Å²) >= 11 is 4.73. The lowest BCUT2D eigenvalue weighted by Crippen LogP contribution is -2.36. The van der Waals surface area contributed by atoms with Gasteiger partial charge in [-0.3, -0.25) is 4.90 Å². The summed E-state index contributed by atoms with van der Waals surface area (Å²) in [5, 5.41) is 0. The van der Waals surface area contributed by atoms with Gasteiger partial charge in [-0.15, -0.1) is 11.3 Å². The molecule has 112 valence electrons. The number of halogens is 1. The Bertz CT molecular complexity index is 574. The first-order valence-corrected chi connectivity index (χ1v) is 10.0. The Morgan fingerprint density at radius 3 is 2.60 bits per heavy atom. The predicted octanol–water partition coefficient (Wildman–Crippen LogP) is 2.68. The van der Waals surface area contributed by atoms with Gasteiger partial charge in [-0.1, -0.05) is 0 Å². The van der Waals surface area contributed by atoms with E-state index in [1.807, 2.05) is 6.92 Å². The second-order valence-corrected chi connectivity index (χ2v) is 10.1. The summed E-state index contributed by atoms with van der Waals surface area (Å²) in [4.78, 5) is 2.45. The van der Waals surface area contributed by atoms with Gasteiger partial charge in [0.1, 0.15) is 4.21 Å². The quantitative estimate of drug-likeness (QED) is 0.811. The minimum absolute atomic E-state index is 0.414. The molecule has 3 heterocycles. The third kappa shape index (κ3) is 2.70. The fraction of sp³-hybridized carbons (Fsp3) is 0.692. The molecule has 2 aliphatic heterocycles. The van der Waals surface area contributed by atoms with Crippen molar-refractivity contribution in [3.05, 3.63) is 15.4 Å². The minimum atomic E-state index is -3.31. The van der Waals surface area contributed by atoms with E-state index >= 15 is 0 Å². The number of thiophene rings is 1. The van der Waals surface area contributed by atoms with Crippen molar-refractivity contribution in [2.75, 3.05) is 26.2 Å². The summed E-state index contributed by atoms with van der Waals surface area (Å²) in [6.07, 6.45) is 3.46. The molecular formula is C13H19BrN2O2S2. The van der Waals surface area contributed by atoms with Crippen molar-refractivity contribution in [1.82, 2.24) is 9.21 Å². The van der Waals surface area contributed by atoms with Crippen molar-refractivity contribution in [3.8, 4) is 0 Å². The molecule has 2 aliphatic rings. The van der Waals surface area contributed by atoms with Crippen molar-refractivity contribution in [1.29, 1.82) is 0 Å². The summed E-state index contributed by atoms with van der Waals surface area (Å²) < 4.78 is 28.3. The molecule has 1 aromatic heterocycles. The van der Waals surface area contributed by atoms with E-state index in [0.717, 1.165) is 28.9 Å². The lowest BCUT2D eigenvalue weighted by atomic mass is 10.2. The molecule has 0 saturated carbocycles. The number of likely N-dealkylation sites (tertiary alicyclic amines) is 1. The molecule has 0 spiro atoms. The molecule has 1 aromatic rings. The number of hydrogen-bond acceptors (Lipinski definition) is 4. The van der Waals surface area contributed by atoms with E-state index in [-0.39, 0.29) is 0 Å². The molecule has 0 bridgehead atoms. The Hall–Kier alpha value is 0.0500. The minimum Gasteiger partial charge on any atom is -0.299 e. The normalized spacial score (nSPS) is 25.6. The molecule has 0 aromatic carbocycles. The second-order valence-electron chi connectivity index (χ2n) is 5.57. The van der Waals surface area contributed by atoms with Crippen molar-refractivity contribution in [3.63, 3.8) is 0 Å². The Labute approximate surface area is 132 Å². The maximum absolute atomic E-state index is 12.7. The van der Waals surface area contributed by atoms with Crippen LogP contribution in [0.25, 0.3) is 0 Å². The van der Waals surface area contributed by atoms with Gasteiger partial charge < -0.3 is 0 Å². The summed E-state index contributed by atoms with van der Waals surface area (Å²) in [5.41, 5.74) is 0.990. The van der Waals surface area contributed by atoms with E-state index in [4.69, 9.17) is 0 Å². The lowest BCUT2D eigenvalue weighted by Gasteiger charge is -2.23. The van der Waals surface area contributed by atoms with Gasteiger partial charge in [0, 0.05) is 19.1 Å². The van der Waals surface area contributed by atoms with Gasteiger partial charge >= 0.3 is 0 Å². The van der Waals surface area contributed by atoms with Gasteiger partial charge in [0.05, 0.1) is 3.79 Å². The topological polar surface area (TPSA) is 40.6 Å². The average molecular weight is 379 g/mol. The highest BCUT2D eigenvalue weighted by molar-refractivity contribution is 9.11. The van der Waals surface area contributed by atoms with Crippen LogP contribution in [0, 0.1) is 6.92 Å². The van der Waals surface area contributed by atoms with E-state index in [2.05, 4.69) is 20.8 Å². The van der Waals surface area contributed by atoms with E-state index in [1.54, 1.807) is 10.4 Å². The molecule has 2 fully saturated rings. The van der Waals surface area contributed by atoms with Crippen LogP contribution >= 0.6 is 27.3 Å². The van der Waals surface area contributed by atoms with E-state index < -0.39 is 10.0 Å². The highest BCUT2D eigenvalue weighted by Crippen LogP contribution is 2.34. The third-order valence-electron chi connectivity index (χ3n) is 4.21. The fourth-order valence-corrected chi connectivity index (χ4v) is 6.89. The predicted molar refractivity (Wildman–Crippen MR) is 84.7 cm³/mol. The Balaban J connectivity index is 1.75. The van der Waals surface area contributed by atoms with E-state index in [0.29, 0.717) is 23.3 Å². The van der Waals surface area contributed by atoms with Gasteiger partial charge in [-0.2, -0.15) is 4.31 Å². The van der Waals surface area contributed by atoms with Crippen LogP contribution < -0.4 is 0 Å². The van der Waals surface area contributed by atoms with Crippen LogP contribution in [-0.2, 0) is 10.0 Å². The molecule has 0 amide bonds. The monoisotopic (exact) mass is 378 g/mol. The summed E-state index contributed by atoms with van der Waals surface area (Å²) in [6.45, 7) is 5.48. The van der Waals surface area contributed by atoms with Crippen LogP contribution in [0.1, 0.15) is 24.8 Å². The number of sulfonamides is 1. The zero-order valence-electron chi connectivity index (χ0n) is 11.5. The molecule has 1 atom stereocenters. The van der Waals surface area contributed by atoms with Crippen molar-refractivity contribution < 1.29 is 8.42 Å². The first-order chi connectivity index (χ1) is 9.48. The Kier molecular flexibility index (Phi) is 4.25. The zero-order valence-corrected chi connectivity index (χ0v) is 14.7. The molecule has 3 rings (SSSR count).